The first kappa shape index (κ1) is 15.2. The Morgan fingerprint density at radius 2 is 2.00 bits per heavy atom. The van der Waals surface area contributed by atoms with E-state index in [0.29, 0.717) is 4.88 Å². The highest BCUT2D eigenvalue weighted by Gasteiger charge is 2.23. The minimum atomic E-state index is -0.264. The Morgan fingerprint density at radius 3 is 2.68 bits per heavy atom. The monoisotopic (exact) mass is 319 g/mol. The van der Waals surface area contributed by atoms with Crippen LogP contribution in [0.25, 0.3) is 10.2 Å². The van der Waals surface area contributed by atoms with Gasteiger partial charge in [-0.15, -0.1) is 11.3 Å². The summed E-state index contributed by atoms with van der Waals surface area (Å²) in [6.45, 7) is 7.73. The van der Waals surface area contributed by atoms with E-state index in [9.17, 15) is 4.79 Å². The van der Waals surface area contributed by atoms with Crippen LogP contribution in [0.2, 0.25) is 0 Å². The van der Waals surface area contributed by atoms with E-state index in [1.165, 1.54) is 30.6 Å². The van der Waals surface area contributed by atoms with Crippen LogP contribution in [0.5, 0.6) is 0 Å². The van der Waals surface area contributed by atoms with E-state index in [-0.39, 0.29) is 12.1 Å². The minimum Gasteiger partial charge on any atom is -0.459 e. The quantitative estimate of drug-likeness (QED) is 0.810. The number of fused-ring (bicyclic) bond motifs is 1. The molecule has 1 saturated heterocycles. The molecule has 0 N–H and O–H groups in total. The molecule has 1 aliphatic heterocycles. The largest absolute Gasteiger partial charge is 0.459 e. The summed E-state index contributed by atoms with van der Waals surface area (Å²) in [7, 11) is 0. The Balaban J connectivity index is 2.04. The van der Waals surface area contributed by atoms with E-state index in [0.717, 1.165) is 34.7 Å². The van der Waals surface area contributed by atoms with Gasteiger partial charge in [-0.3, -0.25) is 0 Å². The average molecular weight is 319 g/mol. The zero-order valence-corrected chi connectivity index (χ0v) is 14.1. The van der Waals surface area contributed by atoms with Crippen LogP contribution in [-0.4, -0.2) is 35.1 Å². The van der Waals surface area contributed by atoms with Crippen LogP contribution in [-0.2, 0) is 4.74 Å². The van der Waals surface area contributed by atoms with E-state index in [2.05, 4.69) is 14.9 Å². The number of piperidine rings is 1. The molecule has 0 spiro atoms. The van der Waals surface area contributed by atoms with Gasteiger partial charge in [0.15, 0.2) is 0 Å². The predicted molar refractivity (Wildman–Crippen MR) is 88.8 cm³/mol. The predicted octanol–water partition coefficient (Wildman–Crippen LogP) is 3.56. The fourth-order valence-electron chi connectivity index (χ4n) is 2.86. The third-order valence-corrected chi connectivity index (χ3v) is 5.07. The summed E-state index contributed by atoms with van der Waals surface area (Å²) in [6.07, 6.45) is 5.14. The number of carbonyl (C=O) groups is 1. The van der Waals surface area contributed by atoms with Crippen molar-refractivity contribution in [2.75, 3.05) is 18.0 Å². The molecule has 0 amide bonds. The van der Waals surface area contributed by atoms with E-state index in [1.54, 1.807) is 6.33 Å². The molecule has 0 unspecified atom stereocenters. The molecule has 22 heavy (non-hydrogen) atoms. The Labute approximate surface area is 134 Å². The van der Waals surface area contributed by atoms with Crippen molar-refractivity contribution in [2.45, 2.75) is 46.1 Å². The Morgan fingerprint density at radius 1 is 1.27 bits per heavy atom. The third kappa shape index (κ3) is 2.79. The molecule has 1 aliphatic rings. The molecule has 118 valence electrons. The average Bonchev–Trinajstić information content (AvgIpc) is 2.85. The van der Waals surface area contributed by atoms with Crippen LogP contribution < -0.4 is 4.90 Å². The standard InChI is InChI=1S/C16H21N3O2S/c1-10(2)21-16(20)13-11(3)12-14(17-9-18-15(12)22-13)19-7-5-4-6-8-19/h9-10H,4-8H2,1-3H3. The normalized spacial score (nSPS) is 15.5. The molecule has 1 fully saturated rings. The van der Waals surface area contributed by atoms with Crippen LogP contribution in [0, 0.1) is 6.92 Å². The van der Waals surface area contributed by atoms with Crippen molar-refractivity contribution in [1.82, 2.24) is 9.97 Å². The number of hydrogen-bond donors (Lipinski definition) is 0. The summed E-state index contributed by atoms with van der Waals surface area (Å²) in [5.74, 6) is 0.696. The van der Waals surface area contributed by atoms with Gasteiger partial charge >= 0.3 is 5.97 Å². The molecule has 0 atom stereocenters. The summed E-state index contributed by atoms with van der Waals surface area (Å²) in [4.78, 5) is 24.9. The van der Waals surface area contributed by atoms with Gasteiger partial charge in [0.25, 0.3) is 0 Å². The molecular formula is C16H21N3O2S. The van der Waals surface area contributed by atoms with Crippen molar-refractivity contribution in [3.8, 4) is 0 Å². The maximum Gasteiger partial charge on any atom is 0.348 e. The van der Waals surface area contributed by atoms with Crippen LogP contribution >= 0.6 is 11.3 Å². The second-order valence-corrected chi connectivity index (χ2v) is 6.93. The van der Waals surface area contributed by atoms with Crippen LogP contribution in [0.3, 0.4) is 0 Å². The molecule has 3 heterocycles. The number of thiophene rings is 1. The Hall–Kier alpha value is -1.69. The molecule has 5 nitrogen and oxygen atoms in total. The van der Waals surface area contributed by atoms with Crippen molar-refractivity contribution in [3.63, 3.8) is 0 Å². The van der Waals surface area contributed by atoms with E-state index < -0.39 is 0 Å². The van der Waals surface area contributed by atoms with E-state index >= 15 is 0 Å². The first-order valence-electron chi connectivity index (χ1n) is 7.78. The van der Waals surface area contributed by atoms with E-state index in [4.69, 9.17) is 4.74 Å². The van der Waals surface area contributed by atoms with Crippen LogP contribution in [0.1, 0.15) is 48.3 Å². The molecule has 0 aliphatic carbocycles. The molecule has 3 rings (SSSR count). The number of ether oxygens (including phenoxy) is 1. The van der Waals surface area contributed by atoms with Gasteiger partial charge < -0.3 is 9.64 Å². The molecule has 6 heteroatoms. The van der Waals surface area contributed by atoms with Crippen molar-refractivity contribution < 1.29 is 9.53 Å². The number of aromatic nitrogens is 2. The lowest BCUT2D eigenvalue weighted by molar-refractivity contribution is 0.0383. The number of rotatable bonds is 3. The van der Waals surface area contributed by atoms with Crippen molar-refractivity contribution in [2.24, 2.45) is 0 Å². The lowest BCUT2D eigenvalue weighted by Crippen LogP contribution is -2.30. The summed E-state index contributed by atoms with van der Waals surface area (Å²) >= 11 is 1.40. The van der Waals surface area contributed by atoms with Crippen molar-refractivity contribution >= 4 is 33.3 Å². The number of carbonyl (C=O) groups excluding carboxylic acids is 1. The number of nitrogens with zero attached hydrogens (tertiary/aromatic N) is 3. The first-order chi connectivity index (χ1) is 10.6. The smallest absolute Gasteiger partial charge is 0.348 e. The fourth-order valence-corrected chi connectivity index (χ4v) is 3.89. The SMILES string of the molecule is Cc1c(C(=O)OC(C)C)sc2ncnc(N3CCCCC3)c12. The van der Waals surface area contributed by atoms with Gasteiger partial charge in [-0.05, 0) is 45.6 Å². The molecular weight excluding hydrogens is 298 g/mol. The zero-order chi connectivity index (χ0) is 15.7. The summed E-state index contributed by atoms with van der Waals surface area (Å²) in [6, 6.07) is 0. The number of hydrogen-bond acceptors (Lipinski definition) is 6. The van der Waals surface area contributed by atoms with Gasteiger partial charge in [-0.1, -0.05) is 0 Å². The molecule has 0 bridgehead atoms. The topological polar surface area (TPSA) is 55.3 Å². The lowest BCUT2D eigenvalue weighted by atomic mass is 10.1. The summed E-state index contributed by atoms with van der Waals surface area (Å²) < 4.78 is 5.34. The van der Waals surface area contributed by atoms with Crippen molar-refractivity contribution in [3.05, 3.63) is 16.8 Å². The molecule has 2 aromatic rings. The molecule has 0 radical (unpaired) electrons. The number of anilines is 1. The van der Waals surface area contributed by atoms with Gasteiger partial charge in [-0.25, -0.2) is 14.8 Å². The van der Waals surface area contributed by atoms with Gasteiger partial charge in [0.1, 0.15) is 21.9 Å². The second kappa shape index (κ2) is 6.20. The Bertz CT molecular complexity index is 690. The van der Waals surface area contributed by atoms with Gasteiger partial charge in [0.2, 0.25) is 0 Å². The number of aryl methyl sites for hydroxylation is 1. The van der Waals surface area contributed by atoms with Crippen LogP contribution in [0.4, 0.5) is 5.82 Å². The minimum absolute atomic E-state index is 0.121. The highest BCUT2D eigenvalue weighted by molar-refractivity contribution is 7.20. The van der Waals surface area contributed by atoms with Gasteiger partial charge in [-0.2, -0.15) is 0 Å². The highest BCUT2D eigenvalue weighted by atomic mass is 32.1. The van der Waals surface area contributed by atoms with Gasteiger partial charge in [0.05, 0.1) is 11.5 Å². The van der Waals surface area contributed by atoms with E-state index in [1.807, 2.05) is 20.8 Å². The lowest BCUT2D eigenvalue weighted by Gasteiger charge is -2.28. The number of esters is 1. The van der Waals surface area contributed by atoms with Crippen molar-refractivity contribution in [1.29, 1.82) is 0 Å². The maximum atomic E-state index is 12.3. The fraction of sp³-hybridized carbons (Fsp3) is 0.562. The zero-order valence-electron chi connectivity index (χ0n) is 13.3. The molecule has 0 aromatic carbocycles. The Kier molecular flexibility index (Phi) is 4.29. The first-order valence-corrected chi connectivity index (χ1v) is 8.59. The van der Waals surface area contributed by atoms with Gasteiger partial charge in [0, 0.05) is 13.1 Å². The summed E-state index contributed by atoms with van der Waals surface area (Å²) in [5.41, 5.74) is 0.937. The third-order valence-electron chi connectivity index (χ3n) is 3.89. The highest BCUT2D eigenvalue weighted by Crippen LogP contribution is 2.36. The molecule has 0 saturated carbocycles. The van der Waals surface area contributed by atoms with Crippen LogP contribution in [0.15, 0.2) is 6.33 Å². The second-order valence-electron chi connectivity index (χ2n) is 5.94. The molecule has 2 aromatic heterocycles. The maximum absolute atomic E-state index is 12.3. The summed E-state index contributed by atoms with van der Waals surface area (Å²) in [5, 5.41) is 1.00.